The minimum Gasteiger partial charge on any atom is -0.350 e. The number of rotatable bonds is 2. The van der Waals surface area contributed by atoms with E-state index in [0.29, 0.717) is 19.6 Å². The number of carbonyl (C=O) groups excluding carboxylic acids is 2. The zero-order valence-electron chi connectivity index (χ0n) is 13.7. The normalized spacial score (nSPS) is 18.0. The number of hydrogen-bond acceptors (Lipinski definition) is 3. The third kappa shape index (κ3) is 5.49. The van der Waals surface area contributed by atoms with E-state index >= 15 is 0 Å². The van der Waals surface area contributed by atoms with Crippen LogP contribution in [0.25, 0.3) is 0 Å². The number of nitrogens with one attached hydrogen (secondary N) is 1. The summed E-state index contributed by atoms with van der Waals surface area (Å²) >= 11 is 0. The second-order valence-electron chi connectivity index (χ2n) is 7.62. The highest BCUT2D eigenvalue weighted by molar-refractivity contribution is 5.81. The first kappa shape index (κ1) is 17.0. The van der Waals surface area contributed by atoms with Crippen LogP contribution in [0.5, 0.6) is 0 Å². The molecule has 2 amide bonds. The molecule has 0 saturated carbocycles. The van der Waals surface area contributed by atoms with E-state index in [1.54, 1.807) is 0 Å². The van der Waals surface area contributed by atoms with Gasteiger partial charge in [-0.1, -0.05) is 20.8 Å². The molecule has 20 heavy (non-hydrogen) atoms. The van der Waals surface area contributed by atoms with E-state index in [0.717, 1.165) is 13.1 Å². The molecule has 0 aromatic heterocycles. The Morgan fingerprint density at radius 2 is 1.45 bits per heavy atom. The molecule has 1 N–H and O–H groups in total. The Balaban J connectivity index is 2.40. The lowest BCUT2D eigenvalue weighted by Gasteiger charge is -2.37. The van der Waals surface area contributed by atoms with Crippen molar-refractivity contribution in [2.75, 3.05) is 32.7 Å². The van der Waals surface area contributed by atoms with Gasteiger partial charge in [0.05, 0.1) is 6.54 Å². The van der Waals surface area contributed by atoms with Gasteiger partial charge in [-0.25, -0.2) is 0 Å². The number of nitrogens with zero attached hydrogens (tertiary/aromatic N) is 2. The Morgan fingerprint density at radius 3 is 1.85 bits per heavy atom. The van der Waals surface area contributed by atoms with E-state index in [1.807, 2.05) is 46.4 Å². The molecule has 1 aliphatic rings. The topological polar surface area (TPSA) is 52.7 Å². The average Bonchev–Trinajstić information content (AvgIpc) is 2.25. The molecule has 0 aromatic rings. The van der Waals surface area contributed by atoms with E-state index in [1.165, 1.54) is 0 Å². The fourth-order valence-electron chi connectivity index (χ4n) is 2.24. The van der Waals surface area contributed by atoms with E-state index in [2.05, 4.69) is 10.2 Å². The van der Waals surface area contributed by atoms with Gasteiger partial charge >= 0.3 is 0 Å². The zero-order valence-corrected chi connectivity index (χ0v) is 13.7. The van der Waals surface area contributed by atoms with E-state index in [4.69, 9.17) is 0 Å². The molecule has 0 atom stereocenters. The maximum Gasteiger partial charge on any atom is 0.234 e. The van der Waals surface area contributed by atoms with Gasteiger partial charge in [0.1, 0.15) is 0 Å². The highest BCUT2D eigenvalue weighted by Crippen LogP contribution is 2.18. The fraction of sp³-hybridized carbons (Fsp3) is 0.867. The van der Waals surface area contributed by atoms with Crippen molar-refractivity contribution in [1.29, 1.82) is 0 Å². The van der Waals surface area contributed by atoms with Crippen molar-refractivity contribution in [2.45, 2.75) is 47.1 Å². The van der Waals surface area contributed by atoms with Gasteiger partial charge in [-0.05, 0) is 20.8 Å². The van der Waals surface area contributed by atoms with Crippen LogP contribution in [0.2, 0.25) is 0 Å². The second-order valence-corrected chi connectivity index (χ2v) is 7.62. The van der Waals surface area contributed by atoms with Gasteiger partial charge in [0, 0.05) is 37.1 Å². The molecule has 1 saturated heterocycles. The largest absolute Gasteiger partial charge is 0.350 e. The number of hydrogen-bond donors (Lipinski definition) is 1. The monoisotopic (exact) mass is 283 g/mol. The Morgan fingerprint density at radius 1 is 0.950 bits per heavy atom. The molecule has 1 rings (SSSR count). The van der Waals surface area contributed by atoms with Crippen molar-refractivity contribution < 1.29 is 9.59 Å². The summed E-state index contributed by atoms with van der Waals surface area (Å²) in [6, 6.07) is 0. The van der Waals surface area contributed by atoms with Crippen LogP contribution >= 0.6 is 0 Å². The molecule has 0 spiro atoms. The van der Waals surface area contributed by atoms with Crippen LogP contribution in [0, 0.1) is 5.41 Å². The smallest absolute Gasteiger partial charge is 0.234 e. The molecule has 116 valence electrons. The van der Waals surface area contributed by atoms with Crippen molar-refractivity contribution in [3.05, 3.63) is 0 Å². The van der Waals surface area contributed by atoms with Gasteiger partial charge in [-0.15, -0.1) is 0 Å². The first-order valence-electron chi connectivity index (χ1n) is 7.32. The van der Waals surface area contributed by atoms with E-state index < -0.39 is 0 Å². The molecular weight excluding hydrogens is 254 g/mol. The summed E-state index contributed by atoms with van der Waals surface area (Å²) in [5.41, 5.74) is -0.521. The van der Waals surface area contributed by atoms with Crippen molar-refractivity contribution in [1.82, 2.24) is 15.1 Å². The van der Waals surface area contributed by atoms with Crippen LogP contribution in [0.1, 0.15) is 41.5 Å². The third-order valence-electron chi connectivity index (χ3n) is 3.18. The minimum absolute atomic E-state index is 0.0492. The second kappa shape index (κ2) is 6.12. The van der Waals surface area contributed by atoms with Crippen LogP contribution in [-0.4, -0.2) is 59.9 Å². The predicted molar refractivity (Wildman–Crippen MR) is 80.4 cm³/mol. The van der Waals surface area contributed by atoms with Crippen LogP contribution in [-0.2, 0) is 9.59 Å². The van der Waals surface area contributed by atoms with Crippen LogP contribution < -0.4 is 5.32 Å². The van der Waals surface area contributed by atoms with E-state index in [-0.39, 0.29) is 22.8 Å². The maximum absolute atomic E-state index is 12.2. The third-order valence-corrected chi connectivity index (χ3v) is 3.18. The summed E-state index contributed by atoms with van der Waals surface area (Å²) in [7, 11) is 0. The fourth-order valence-corrected chi connectivity index (χ4v) is 2.24. The van der Waals surface area contributed by atoms with Crippen molar-refractivity contribution in [3.8, 4) is 0 Å². The Hall–Kier alpha value is -1.10. The maximum atomic E-state index is 12.2. The summed E-state index contributed by atoms with van der Waals surface area (Å²) < 4.78 is 0. The summed E-state index contributed by atoms with van der Waals surface area (Å²) in [4.78, 5) is 28.0. The number of piperazine rings is 1. The Labute approximate surface area is 122 Å². The highest BCUT2D eigenvalue weighted by Gasteiger charge is 2.30. The first-order valence-corrected chi connectivity index (χ1v) is 7.32. The lowest BCUT2D eigenvalue weighted by atomic mass is 9.94. The van der Waals surface area contributed by atoms with Crippen LogP contribution in [0.4, 0.5) is 0 Å². The van der Waals surface area contributed by atoms with Gasteiger partial charge in [-0.3, -0.25) is 14.5 Å². The van der Waals surface area contributed by atoms with Crippen molar-refractivity contribution in [2.24, 2.45) is 5.41 Å². The summed E-state index contributed by atoms with van der Waals surface area (Å²) in [5.74, 6) is 0.240. The predicted octanol–water partition coefficient (Wildman–Crippen LogP) is 1.09. The molecule has 1 aliphatic heterocycles. The molecule has 0 unspecified atom stereocenters. The highest BCUT2D eigenvalue weighted by atomic mass is 16.2. The molecule has 0 aromatic carbocycles. The minimum atomic E-state index is -0.328. The summed E-state index contributed by atoms with van der Waals surface area (Å²) in [6.45, 7) is 15.1. The number of carbonyl (C=O) groups is 2. The molecule has 1 fully saturated rings. The van der Waals surface area contributed by atoms with Crippen LogP contribution in [0.3, 0.4) is 0 Å². The van der Waals surface area contributed by atoms with Gasteiger partial charge in [0.2, 0.25) is 11.8 Å². The molecule has 5 nitrogen and oxygen atoms in total. The van der Waals surface area contributed by atoms with E-state index in [9.17, 15) is 9.59 Å². The van der Waals surface area contributed by atoms with Gasteiger partial charge in [0.15, 0.2) is 0 Å². The standard InChI is InChI=1S/C15H29N3O2/c1-14(2,3)13(20)18-9-7-17(8-10-18)11-12(19)16-15(4,5)6/h7-11H2,1-6H3,(H,16,19). The molecule has 0 aliphatic carbocycles. The Kier molecular flexibility index (Phi) is 5.19. The first-order chi connectivity index (χ1) is 8.99. The summed E-state index contributed by atoms with van der Waals surface area (Å²) in [5, 5.41) is 2.96. The Bertz CT molecular complexity index is 358. The van der Waals surface area contributed by atoms with Gasteiger partial charge in [-0.2, -0.15) is 0 Å². The van der Waals surface area contributed by atoms with Gasteiger partial charge in [0.25, 0.3) is 0 Å². The SMILES string of the molecule is CC(C)(C)NC(=O)CN1CCN(C(=O)C(C)(C)C)CC1. The zero-order chi connectivity index (χ0) is 15.6. The average molecular weight is 283 g/mol. The summed E-state index contributed by atoms with van der Waals surface area (Å²) in [6.07, 6.45) is 0. The molecule has 0 radical (unpaired) electrons. The lowest BCUT2D eigenvalue weighted by Crippen LogP contribution is -2.54. The molecule has 5 heteroatoms. The quantitative estimate of drug-likeness (QED) is 0.825. The molecular formula is C15H29N3O2. The number of amides is 2. The molecule has 0 bridgehead atoms. The van der Waals surface area contributed by atoms with Crippen LogP contribution in [0.15, 0.2) is 0 Å². The molecule has 1 heterocycles. The van der Waals surface area contributed by atoms with Gasteiger partial charge < -0.3 is 10.2 Å². The van der Waals surface area contributed by atoms with Crippen molar-refractivity contribution in [3.63, 3.8) is 0 Å². The lowest BCUT2D eigenvalue weighted by molar-refractivity contribution is -0.141. The van der Waals surface area contributed by atoms with Crippen molar-refractivity contribution >= 4 is 11.8 Å².